The molecule has 0 aliphatic rings. The van der Waals surface area contributed by atoms with Gasteiger partial charge in [-0.15, -0.1) is 5.10 Å². The van der Waals surface area contributed by atoms with Gasteiger partial charge in [0.15, 0.2) is 5.82 Å². The number of hydrogen-bond donors (Lipinski definition) is 1. The van der Waals surface area contributed by atoms with Crippen molar-refractivity contribution >= 4 is 23.5 Å². The number of anilines is 1. The van der Waals surface area contributed by atoms with Crippen LogP contribution in [0.2, 0.25) is 0 Å². The Morgan fingerprint density at radius 1 is 0.760 bits per heavy atom. The van der Waals surface area contributed by atoms with Crippen LogP contribution in [0.3, 0.4) is 0 Å². The summed E-state index contributed by atoms with van der Waals surface area (Å²) in [5.74, 6) is -2.89. The van der Waals surface area contributed by atoms with Crippen molar-refractivity contribution in [2.45, 2.75) is 47.5 Å². The lowest BCUT2D eigenvalue weighted by Gasteiger charge is -2.13. The fraction of sp³-hybridized carbons (Fsp3) is 0.278. The lowest BCUT2D eigenvalue weighted by molar-refractivity contribution is -0.118. The highest BCUT2D eigenvalue weighted by molar-refractivity contribution is 5.97. The van der Waals surface area contributed by atoms with Crippen LogP contribution in [-0.2, 0) is 14.3 Å². The normalized spacial score (nSPS) is 10.8. The van der Waals surface area contributed by atoms with Gasteiger partial charge >= 0.3 is 11.9 Å². The van der Waals surface area contributed by atoms with Gasteiger partial charge in [0.25, 0.3) is 0 Å². The van der Waals surface area contributed by atoms with Gasteiger partial charge < -0.3 is 14.8 Å². The Kier molecular flexibility index (Phi) is 11.8. The largest absolute Gasteiger partial charge is 0.465 e. The van der Waals surface area contributed by atoms with E-state index in [0.29, 0.717) is 28.6 Å². The average molecular weight is 686 g/mol. The second-order valence-corrected chi connectivity index (χ2v) is 11.9. The Bertz CT molecular complexity index is 2010. The minimum absolute atomic E-state index is 0.0394. The van der Waals surface area contributed by atoms with Crippen molar-refractivity contribution in [1.82, 2.24) is 30.2 Å². The summed E-state index contributed by atoms with van der Waals surface area (Å²) >= 11 is 0. The third-order valence-corrected chi connectivity index (χ3v) is 7.36. The molecule has 260 valence electrons. The predicted octanol–water partition coefficient (Wildman–Crippen LogP) is 6.66. The number of nitrogens with one attached hydrogen (secondary N) is 1. The highest BCUT2D eigenvalue weighted by Crippen LogP contribution is 2.30. The number of nitrogens with zero attached hydrogens (tertiary/aromatic N) is 6. The molecule has 0 bridgehead atoms. The summed E-state index contributed by atoms with van der Waals surface area (Å²) in [5.41, 5.74) is 3.25. The number of aryl methyl sites for hydroxylation is 2. The Labute approximate surface area is 287 Å². The van der Waals surface area contributed by atoms with Crippen LogP contribution in [0.15, 0.2) is 60.9 Å². The van der Waals surface area contributed by atoms with Crippen molar-refractivity contribution in [2.24, 2.45) is 5.92 Å². The molecule has 50 heavy (non-hydrogen) atoms. The number of tetrazole rings is 1. The fourth-order valence-electron chi connectivity index (χ4n) is 4.60. The van der Waals surface area contributed by atoms with Crippen molar-refractivity contribution in [3.8, 4) is 28.2 Å². The topological polar surface area (TPSA) is 151 Å². The van der Waals surface area contributed by atoms with Gasteiger partial charge in [-0.25, -0.2) is 18.4 Å². The molecular formula is C36H37F2N7O5. The van der Waals surface area contributed by atoms with Gasteiger partial charge in [-0.2, -0.15) is 4.68 Å². The molecule has 12 nitrogen and oxygen atoms in total. The number of carbonyl (C=O) groups excluding carboxylic acids is 3. The number of benzene rings is 2. The molecular weight excluding hydrogens is 648 g/mol. The molecule has 5 rings (SSSR count). The number of esters is 2. The number of halogens is 2. The van der Waals surface area contributed by atoms with E-state index in [2.05, 4.69) is 35.5 Å². The number of rotatable bonds is 8. The summed E-state index contributed by atoms with van der Waals surface area (Å²) in [6.07, 6.45) is 3.24. The number of pyridine rings is 2. The summed E-state index contributed by atoms with van der Waals surface area (Å²) in [6.45, 7) is 11.1. The van der Waals surface area contributed by atoms with Crippen molar-refractivity contribution in [3.05, 3.63) is 101 Å². The summed E-state index contributed by atoms with van der Waals surface area (Å²) in [6, 6.07) is 12.6. The smallest absolute Gasteiger partial charge is 0.340 e. The van der Waals surface area contributed by atoms with Crippen LogP contribution in [-0.4, -0.2) is 62.2 Å². The van der Waals surface area contributed by atoms with Gasteiger partial charge in [0.05, 0.1) is 42.4 Å². The minimum atomic E-state index is -0.818. The number of amides is 1. The maximum Gasteiger partial charge on any atom is 0.340 e. The first kappa shape index (κ1) is 36.9. The molecule has 0 saturated carbocycles. The molecule has 1 amide bonds. The van der Waals surface area contributed by atoms with E-state index in [-0.39, 0.29) is 40.0 Å². The van der Waals surface area contributed by atoms with E-state index < -0.39 is 23.6 Å². The maximum atomic E-state index is 15.0. The van der Waals surface area contributed by atoms with Gasteiger partial charge in [0.2, 0.25) is 5.91 Å². The van der Waals surface area contributed by atoms with Crippen LogP contribution in [0.25, 0.3) is 28.2 Å². The first-order valence-corrected chi connectivity index (χ1v) is 15.5. The number of carbonyl (C=O) groups is 3. The molecule has 0 atom stereocenters. The van der Waals surface area contributed by atoms with E-state index in [9.17, 15) is 23.2 Å². The molecule has 3 heterocycles. The SMILES string of the molecule is COC(=O)c1cc(-n2nnnc2C(C)C)cc(-c2ccc(C)cn2)c1F.COC(=O)c1cc(NC(=O)C(C)C)cc(-c2ccc(C)cn2)c1F. The molecule has 5 aromatic rings. The van der Waals surface area contributed by atoms with Crippen LogP contribution < -0.4 is 5.32 Å². The number of methoxy groups -OCH3 is 2. The van der Waals surface area contributed by atoms with E-state index in [1.165, 1.54) is 37.1 Å². The van der Waals surface area contributed by atoms with E-state index >= 15 is 0 Å². The van der Waals surface area contributed by atoms with Crippen molar-refractivity contribution in [1.29, 1.82) is 0 Å². The van der Waals surface area contributed by atoms with E-state index in [1.807, 2.05) is 33.8 Å². The van der Waals surface area contributed by atoms with Gasteiger partial charge in [0.1, 0.15) is 11.6 Å². The number of hydrogen-bond acceptors (Lipinski definition) is 10. The second kappa shape index (κ2) is 16.0. The van der Waals surface area contributed by atoms with E-state index in [1.54, 1.807) is 50.5 Å². The number of aromatic nitrogens is 6. The predicted molar refractivity (Wildman–Crippen MR) is 182 cm³/mol. The zero-order chi connectivity index (χ0) is 36.7. The molecule has 14 heteroatoms. The summed E-state index contributed by atoms with van der Waals surface area (Å²) in [7, 11) is 2.37. The van der Waals surface area contributed by atoms with Gasteiger partial charge in [-0.3, -0.25) is 14.8 Å². The quantitative estimate of drug-likeness (QED) is 0.176. The van der Waals surface area contributed by atoms with Gasteiger partial charge in [-0.05, 0) is 71.8 Å². The monoisotopic (exact) mass is 685 g/mol. The fourth-order valence-corrected chi connectivity index (χ4v) is 4.60. The van der Waals surface area contributed by atoms with Crippen molar-refractivity contribution in [3.63, 3.8) is 0 Å². The highest BCUT2D eigenvalue weighted by Gasteiger charge is 2.23. The van der Waals surface area contributed by atoms with E-state index in [4.69, 9.17) is 4.74 Å². The average Bonchev–Trinajstić information content (AvgIpc) is 3.60. The summed E-state index contributed by atoms with van der Waals surface area (Å²) < 4.78 is 40.5. The maximum absolute atomic E-state index is 15.0. The molecule has 2 aromatic carbocycles. The highest BCUT2D eigenvalue weighted by atomic mass is 19.1. The molecule has 0 radical (unpaired) electrons. The zero-order valence-electron chi connectivity index (χ0n) is 28.9. The first-order chi connectivity index (χ1) is 23.7. The Morgan fingerprint density at radius 2 is 1.28 bits per heavy atom. The molecule has 3 aromatic heterocycles. The molecule has 0 fully saturated rings. The summed E-state index contributed by atoms with van der Waals surface area (Å²) in [5, 5.41) is 14.3. The molecule has 0 unspecified atom stereocenters. The molecule has 0 spiro atoms. The second-order valence-electron chi connectivity index (χ2n) is 11.9. The Hall–Kier alpha value is -5.92. The van der Waals surface area contributed by atoms with Gasteiger partial charge in [-0.1, -0.05) is 39.8 Å². The summed E-state index contributed by atoms with van der Waals surface area (Å²) in [4.78, 5) is 44.3. The zero-order valence-corrected chi connectivity index (χ0v) is 28.9. The lowest BCUT2D eigenvalue weighted by Crippen LogP contribution is -2.18. The first-order valence-electron chi connectivity index (χ1n) is 15.5. The molecule has 0 aliphatic carbocycles. The standard InChI is InChI=1S/C18H18FN5O2.C18H19FN2O3/c1-10(2)17-21-22-23-24(17)12-7-13(15-6-5-11(3)9-20-15)16(19)14(8-12)18(25)26-4;1-10(2)17(22)21-12-7-13(15-6-5-11(3)9-20-15)16(19)14(8-12)18(23)24-4/h5-10H,1-4H3;5-10H,1-4H3,(H,21,22). The Balaban J connectivity index is 0.000000226. The third kappa shape index (κ3) is 8.38. The third-order valence-electron chi connectivity index (χ3n) is 7.36. The molecule has 0 aliphatic heterocycles. The van der Waals surface area contributed by atoms with Crippen LogP contribution in [0.1, 0.15) is 71.3 Å². The molecule has 1 N–H and O–H groups in total. The van der Waals surface area contributed by atoms with E-state index in [0.717, 1.165) is 11.1 Å². The van der Waals surface area contributed by atoms with Crippen LogP contribution in [0.4, 0.5) is 14.5 Å². The lowest BCUT2D eigenvalue weighted by atomic mass is 10.0. The Morgan fingerprint density at radius 3 is 1.74 bits per heavy atom. The number of ether oxygens (including phenoxy) is 2. The van der Waals surface area contributed by atoms with Crippen molar-refractivity contribution < 1.29 is 32.6 Å². The van der Waals surface area contributed by atoms with Crippen LogP contribution in [0.5, 0.6) is 0 Å². The van der Waals surface area contributed by atoms with Crippen LogP contribution >= 0.6 is 0 Å². The van der Waals surface area contributed by atoms with Crippen LogP contribution in [0, 0.1) is 31.4 Å². The molecule has 0 saturated heterocycles. The van der Waals surface area contributed by atoms with Crippen molar-refractivity contribution in [2.75, 3.05) is 19.5 Å². The van der Waals surface area contributed by atoms with Gasteiger partial charge in [0, 0.05) is 41.0 Å². The minimum Gasteiger partial charge on any atom is -0.465 e.